The van der Waals surface area contributed by atoms with Crippen LogP contribution in [0.1, 0.15) is 53.8 Å². The molecule has 1 atom stereocenters. The maximum atomic E-state index is 13.3. The van der Waals surface area contributed by atoms with Gasteiger partial charge in [0.05, 0.1) is 33.7 Å². The summed E-state index contributed by atoms with van der Waals surface area (Å²) in [4.78, 5) is 22.6. The van der Waals surface area contributed by atoms with Crippen LogP contribution < -0.4 is 5.32 Å². The molecule has 156 valence electrons. The molecular formula is C21H23N5O3S. The van der Waals surface area contributed by atoms with Gasteiger partial charge >= 0.3 is 0 Å². The summed E-state index contributed by atoms with van der Waals surface area (Å²) in [5.41, 5.74) is 1.88. The number of fused-ring (bicyclic) bond motifs is 1. The second kappa shape index (κ2) is 6.60. The van der Waals surface area contributed by atoms with Gasteiger partial charge < -0.3 is 5.32 Å². The first-order valence-corrected chi connectivity index (χ1v) is 11.9. The van der Waals surface area contributed by atoms with Gasteiger partial charge in [-0.05, 0) is 51.3 Å². The highest BCUT2D eigenvalue weighted by Gasteiger charge is 2.40. The van der Waals surface area contributed by atoms with Crippen LogP contribution in [0.15, 0.2) is 30.5 Å². The molecule has 1 amide bonds. The van der Waals surface area contributed by atoms with Crippen LogP contribution in [0.25, 0.3) is 16.9 Å². The average Bonchev–Trinajstić information content (AvgIpc) is 3.45. The zero-order chi connectivity index (χ0) is 21.1. The molecule has 8 nitrogen and oxygen atoms in total. The molecule has 2 aliphatic rings. The lowest BCUT2D eigenvalue weighted by Crippen LogP contribution is -2.47. The Morgan fingerprint density at radius 2 is 2.10 bits per heavy atom. The third-order valence-electron chi connectivity index (χ3n) is 5.86. The van der Waals surface area contributed by atoms with Gasteiger partial charge in [-0.3, -0.25) is 4.79 Å². The van der Waals surface area contributed by atoms with Crippen molar-refractivity contribution in [2.24, 2.45) is 0 Å². The van der Waals surface area contributed by atoms with Crippen molar-refractivity contribution >= 4 is 26.8 Å². The van der Waals surface area contributed by atoms with E-state index >= 15 is 0 Å². The van der Waals surface area contributed by atoms with Crippen molar-refractivity contribution in [1.29, 1.82) is 0 Å². The summed E-state index contributed by atoms with van der Waals surface area (Å²) in [7, 11) is -3.13. The molecule has 30 heavy (non-hydrogen) atoms. The fourth-order valence-corrected chi connectivity index (χ4v) is 6.26. The van der Waals surface area contributed by atoms with E-state index in [1.165, 1.54) is 0 Å². The molecule has 0 radical (unpaired) electrons. The van der Waals surface area contributed by atoms with Gasteiger partial charge in [-0.15, -0.1) is 0 Å². The van der Waals surface area contributed by atoms with Crippen molar-refractivity contribution in [3.63, 3.8) is 0 Å². The lowest BCUT2D eigenvalue weighted by molar-refractivity contribution is 0.0917. The van der Waals surface area contributed by atoms with Gasteiger partial charge in [-0.1, -0.05) is 6.07 Å². The van der Waals surface area contributed by atoms with E-state index in [4.69, 9.17) is 4.98 Å². The van der Waals surface area contributed by atoms with E-state index in [1.807, 2.05) is 31.2 Å². The number of nitrogens with zero attached hydrogens (tertiary/aromatic N) is 4. The Labute approximate surface area is 174 Å². The summed E-state index contributed by atoms with van der Waals surface area (Å²) in [6.07, 6.45) is 4.20. The summed E-state index contributed by atoms with van der Waals surface area (Å²) in [6, 6.07) is 7.41. The molecule has 0 aromatic carbocycles. The zero-order valence-corrected chi connectivity index (χ0v) is 17.7. The third kappa shape index (κ3) is 3.36. The Bertz CT molecular complexity index is 1260. The smallest absolute Gasteiger partial charge is 0.252 e. The molecule has 1 unspecified atom stereocenters. The molecule has 3 aromatic rings. The number of nitrogens with one attached hydrogen (secondary N) is 1. The van der Waals surface area contributed by atoms with Crippen LogP contribution >= 0.6 is 0 Å². The van der Waals surface area contributed by atoms with Crippen LogP contribution in [0.2, 0.25) is 0 Å². The number of carbonyl (C=O) groups is 1. The number of hydrogen-bond acceptors (Lipinski definition) is 6. The summed E-state index contributed by atoms with van der Waals surface area (Å²) < 4.78 is 25.6. The van der Waals surface area contributed by atoms with Crippen LogP contribution in [0.4, 0.5) is 0 Å². The Morgan fingerprint density at radius 3 is 2.73 bits per heavy atom. The highest BCUT2D eigenvalue weighted by Crippen LogP contribution is 2.40. The van der Waals surface area contributed by atoms with E-state index in [9.17, 15) is 13.2 Å². The van der Waals surface area contributed by atoms with E-state index in [2.05, 4.69) is 15.4 Å². The molecule has 1 aliphatic heterocycles. The van der Waals surface area contributed by atoms with E-state index in [-0.39, 0.29) is 17.4 Å². The standard InChI is InChI=1S/C21H23N5O3S/c1-13-18-15(20(27)24-21(2)8-10-30(28,29)12-21)11-16(14-6-7-14)23-19(18)26(25-13)17-5-3-4-9-22-17/h3-5,9,11,14H,6-8,10,12H2,1-2H3,(H,24,27). The van der Waals surface area contributed by atoms with Gasteiger partial charge in [0.25, 0.3) is 5.91 Å². The van der Waals surface area contributed by atoms with Gasteiger partial charge in [0, 0.05) is 17.8 Å². The highest BCUT2D eigenvalue weighted by atomic mass is 32.2. The topological polar surface area (TPSA) is 107 Å². The quantitative estimate of drug-likeness (QED) is 0.687. The van der Waals surface area contributed by atoms with Crippen LogP contribution in [-0.2, 0) is 9.84 Å². The van der Waals surface area contributed by atoms with Crippen LogP contribution in [0.3, 0.4) is 0 Å². The maximum absolute atomic E-state index is 13.3. The molecule has 1 saturated carbocycles. The minimum atomic E-state index is -3.13. The summed E-state index contributed by atoms with van der Waals surface area (Å²) in [5, 5.41) is 8.27. The van der Waals surface area contributed by atoms with E-state index < -0.39 is 15.4 Å². The lowest BCUT2D eigenvalue weighted by Gasteiger charge is -2.24. The van der Waals surface area contributed by atoms with Crippen molar-refractivity contribution in [3.8, 4) is 5.82 Å². The lowest BCUT2D eigenvalue weighted by atomic mass is 10.00. The summed E-state index contributed by atoms with van der Waals surface area (Å²) >= 11 is 0. The third-order valence-corrected chi connectivity index (χ3v) is 7.76. The zero-order valence-electron chi connectivity index (χ0n) is 16.9. The molecule has 9 heteroatoms. The second-order valence-corrected chi connectivity index (χ2v) is 10.8. The van der Waals surface area contributed by atoms with Crippen molar-refractivity contribution in [1.82, 2.24) is 25.1 Å². The van der Waals surface area contributed by atoms with Gasteiger partial charge in [-0.25, -0.2) is 18.4 Å². The fraction of sp³-hybridized carbons (Fsp3) is 0.429. The van der Waals surface area contributed by atoms with E-state index in [1.54, 1.807) is 17.8 Å². The molecule has 1 N–H and O–H groups in total. The summed E-state index contributed by atoms with van der Waals surface area (Å²) in [6.45, 7) is 3.64. The number of sulfone groups is 1. The van der Waals surface area contributed by atoms with Crippen LogP contribution in [-0.4, -0.2) is 51.1 Å². The normalized spacial score (nSPS) is 23.0. The van der Waals surface area contributed by atoms with Crippen molar-refractivity contribution in [2.75, 3.05) is 11.5 Å². The van der Waals surface area contributed by atoms with Crippen LogP contribution in [0, 0.1) is 6.92 Å². The fourth-order valence-electron chi connectivity index (χ4n) is 4.16. The molecule has 5 rings (SSSR count). The number of aromatic nitrogens is 4. The Kier molecular flexibility index (Phi) is 4.22. The van der Waals surface area contributed by atoms with E-state index in [0.29, 0.717) is 40.4 Å². The Hall–Kier alpha value is -2.81. The van der Waals surface area contributed by atoms with Crippen molar-refractivity contribution in [2.45, 2.75) is 44.6 Å². The number of pyridine rings is 2. The molecule has 2 fully saturated rings. The number of hydrogen-bond donors (Lipinski definition) is 1. The minimum Gasteiger partial charge on any atom is -0.346 e. The first-order chi connectivity index (χ1) is 14.2. The molecule has 0 spiro atoms. The van der Waals surface area contributed by atoms with Crippen molar-refractivity contribution < 1.29 is 13.2 Å². The minimum absolute atomic E-state index is 0.0401. The van der Waals surface area contributed by atoms with E-state index in [0.717, 1.165) is 18.5 Å². The molecule has 1 aliphatic carbocycles. The molecule has 3 aromatic heterocycles. The monoisotopic (exact) mass is 425 g/mol. The first-order valence-electron chi connectivity index (χ1n) is 10.1. The predicted octanol–water partition coefficient (Wildman–Crippen LogP) is 2.31. The molecular weight excluding hydrogens is 402 g/mol. The number of rotatable bonds is 4. The van der Waals surface area contributed by atoms with Gasteiger partial charge in [0.2, 0.25) is 0 Å². The number of amides is 1. The molecule has 4 heterocycles. The molecule has 1 saturated heterocycles. The first kappa shape index (κ1) is 19.2. The second-order valence-electron chi connectivity index (χ2n) is 8.61. The van der Waals surface area contributed by atoms with Gasteiger partial charge in [-0.2, -0.15) is 9.78 Å². The number of aryl methyl sites for hydroxylation is 1. The summed E-state index contributed by atoms with van der Waals surface area (Å²) in [5.74, 6) is 0.751. The van der Waals surface area contributed by atoms with Crippen LogP contribution in [0.5, 0.6) is 0 Å². The largest absolute Gasteiger partial charge is 0.346 e. The SMILES string of the molecule is Cc1nn(-c2ccccn2)c2nc(C3CC3)cc(C(=O)NC3(C)CCS(=O)(=O)C3)c12. The maximum Gasteiger partial charge on any atom is 0.252 e. The molecule has 0 bridgehead atoms. The highest BCUT2D eigenvalue weighted by molar-refractivity contribution is 7.91. The average molecular weight is 426 g/mol. The van der Waals surface area contributed by atoms with Crippen molar-refractivity contribution in [3.05, 3.63) is 47.4 Å². The van der Waals surface area contributed by atoms with Gasteiger partial charge in [0.15, 0.2) is 21.3 Å². The Balaban J connectivity index is 1.63. The predicted molar refractivity (Wildman–Crippen MR) is 113 cm³/mol. The Morgan fingerprint density at radius 1 is 1.30 bits per heavy atom. The van der Waals surface area contributed by atoms with Gasteiger partial charge in [0.1, 0.15) is 0 Å². The number of carbonyl (C=O) groups excluding carboxylic acids is 1.